The molecule has 2 aliphatic rings. The Balaban J connectivity index is 2.00. The van der Waals surface area contributed by atoms with Crippen molar-refractivity contribution in [2.75, 3.05) is 13.1 Å². The van der Waals surface area contributed by atoms with Crippen molar-refractivity contribution in [3.8, 4) is 0 Å². The largest absolute Gasteiger partial charge is 0.393 e. The number of carbonyl (C=O) groups is 1. The summed E-state index contributed by atoms with van der Waals surface area (Å²) in [7, 11) is 0. The molecule has 3 heteroatoms. The van der Waals surface area contributed by atoms with Crippen LogP contribution in [0, 0.1) is 11.8 Å². The van der Waals surface area contributed by atoms with Crippen molar-refractivity contribution < 1.29 is 9.90 Å². The van der Waals surface area contributed by atoms with Gasteiger partial charge in [-0.1, -0.05) is 13.3 Å². The van der Waals surface area contributed by atoms with Gasteiger partial charge in [0.25, 0.3) is 0 Å². The minimum Gasteiger partial charge on any atom is -0.393 e. The Morgan fingerprint density at radius 2 is 2.21 bits per heavy atom. The molecule has 0 aromatic heterocycles. The summed E-state index contributed by atoms with van der Waals surface area (Å²) < 4.78 is 0. The average Bonchev–Trinajstić information content (AvgIpc) is 2.62. The van der Waals surface area contributed by atoms with E-state index in [1.807, 2.05) is 11.8 Å². The van der Waals surface area contributed by atoms with Crippen LogP contribution in [-0.2, 0) is 4.79 Å². The van der Waals surface area contributed by atoms with Gasteiger partial charge in [-0.15, -0.1) is 0 Å². The normalized spacial score (nSPS) is 37.0. The third kappa shape index (κ3) is 1.65. The Morgan fingerprint density at radius 1 is 1.43 bits per heavy atom. The van der Waals surface area contributed by atoms with Crippen molar-refractivity contribution in [1.82, 2.24) is 4.90 Å². The van der Waals surface area contributed by atoms with Gasteiger partial charge in [0.2, 0.25) is 5.91 Å². The molecule has 0 spiro atoms. The Kier molecular flexibility index (Phi) is 2.77. The molecule has 0 aromatic rings. The predicted octanol–water partition coefficient (Wildman–Crippen LogP) is 1.02. The van der Waals surface area contributed by atoms with Gasteiger partial charge >= 0.3 is 0 Å². The molecule has 3 nitrogen and oxygen atoms in total. The lowest BCUT2D eigenvalue weighted by atomic mass is 9.80. The third-order valence-corrected chi connectivity index (χ3v) is 3.72. The predicted molar refractivity (Wildman–Crippen MR) is 53.7 cm³/mol. The first-order valence-electron chi connectivity index (χ1n) is 5.68. The van der Waals surface area contributed by atoms with Crippen molar-refractivity contribution in [2.45, 2.75) is 38.7 Å². The van der Waals surface area contributed by atoms with E-state index < -0.39 is 0 Å². The molecule has 14 heavy (non-hydrogen) atoms. The van der Waals surface area contributed by atoms with Crippen LogP contribution in [0.4, 0.5) is 0 Å². The molecule has 0 bridgehead atoms. The Labute approximate surface area is 85.1 Å². The summed E-state index contributed by atoms with van der Waals surface area (Å²) in [6.45, 7) is 3.58. The monoisotopic (exact) mass is 197 g/mol. The Bertz CT molecular complexity index is 229. The van der Waals surface area contributed by atoms with Crippen molar-refractivity contribution in [3.63, 3.8) is 0 Å². The van der Waals surface area contributed by atoms with Crippen LogP contribution < -0.4 is 0 Å². The zero-order valence-electron chi connectivity index (χ0n) is 8.78. The lowest BCUT2D eigenvalue weighted by molar-refractivity contribution is -0.130. The van der Waals surface area contributed by atoms with Gasteiger partial charge in [0.1, 0.15) is 0 Å². The standard InChI is InChI=1S/C11H19NO2/c1-2-11(14)12-6-8-4-3-5-10(13)9(8)7-12/h8-10,13H,2-7H2,1H3/t8-,9+,10-/m0/s1. The summed E-state index contributed by atoms with van der Waals surface area (Å²) in [5.74, 6) is 1.17. The first-order chi connectivity index (χ1) is 6.72. The molecule has 80 valence electrons. The van der Waals surface area contributed by atoms with Crippen LogP contribution in [0.5, 0.6) is 0 Å². The van der Waals surface area contributed by atoms with Crippen molar-refractivity contribution in [1.29, 1.82) is 0 Å². The maximum atomic E-state index is 11.5. The van der Waals surface area contributed by atoms with Crippen LogP contribution in [0.1, 0.15) is 32.6 Å². The minimum absolute atomic E-state index is 0.164. The maximum absolute atomic E-state index is 11.5. The number of aliphatic hydroxyl groups excluding tert-OH is 1. The molecule has 1 amide bonds. The molecular weight excluding hydrogens is 178 g/mol. The second kappa shape index (κ2) is 3.89. The summed E-state index contributed by atoms with van der Waals surface area (Å²) in [5.41, 5.74) is 0. The summed E-state index contributed by atoms with van der Waals surface area (Å²) in [4.78, 5) is 13.4. The molecule has 0 unspecified atom stereocenters. The summed E-state index contributed by atoms with van der Waals surface area (Å²) in [6.07, 6.45) is 3.67. The summed E-state index contributed by atoms with van der Waals surface area (Å²) in [5, 5.41) is 9.81. The Hall–Kier alpha value is -0.570. The van der Waals surface area contributed by atoms with Gasteiger partial charge in [0.05, 0.1) is 6.10 Å². The van der Waals surface area contributed by atoms with Crippen LogP contribution in [0.25, 0.3) is 0 Å². The minimum atomic E-state index is -0.164. The van der Waals surface area contributed by atoms with Crippen LogP contribution in [0.2, 0.25) is 0 Å². The molecule has 2 fully saturated rings. The second-order valence-corrected chi connectivity index (χ2v) is 4.57. The lowest BCUT2D eigenvalue weighted by Crippen LogP contribution is -2.32. The highest BCUT2D eigenvalue weighted by Gasteiger charge is 2.40. The summed E-state index contributed by atoms with van der Waals surface area (Å²) >= 11 is 0. The van der Waals surface area contributed by atoms with E-state index in [1.54, 1.807) is 0 Å². The van der Waals surface area contributed by atoms with Crippen LogP contribution in [0.3, 0.4) is 0 Å². The van der Waals surface area contributed by atoms with Crippen molar-refractivity contribution in [2.24, 2.45) is 11.8 Å². The van der Waals surface area contributed by atoms with Crippen LogP contribution in [0.15, 0.2) is 0 Å². The molecule has 1 aliphatic heterocycles. The molecule has 0 radical (unpaired) electrons. The van der Waals surface area contributed by atoms with Crippen molar-refractivity contribution >= 4 is 5.91 Å². The number of amides is 1. The van der Waals surface area contributed by atoms with Crippen LogP contribution in [-0.4, -0.2) is 35.1 Å². The number of fused-ring (bicyclic) bond motifs is 1. The van der Waals surface area contributed by atoms with Gasteiger partial charge in [0, 0.05) is 25.4 Å². The number of likely N-dealkylation sites (tertiary alicyclic amines) is 1. The van der Waals surface area contributed by atoms with Gasteiger partial charge in [-0.2, -0.15) is 0 Å². The van der Waals surface area contributed by atoms with E-state index in [9.17, 15) is 9.90 Å². The van der Waals surface area contributed by atoms with Gasteiger partial charge in [-0.3, -0.25) is 4.79 Å². The number of hydrogen-bond acceptors (Lipinski definition) is 2. The molecule has 1 saturated heterocycles. The lowest BCUT2D eigenvalue weighted by Gasteiger charge is -2.28. The molecular formula is C11H19NO2. The second-order valence-electron chi connectivity index (χ2n) is 4.57. The molecule has 3 atom stereocenters. The molecule has 1 N–H and O–H groups in total. The number of nitrogens with zero attached hydrogens (tertiary/aromatic N) is 1. The molecule has 1 saturated carbocycles. The van der Waals surface area contributed by atoms with E-state index in [2.05, 4.69) is 0 Å². The molecule has 0 aromatic carbocycles. The fraction of sp³-hybridized carbons (Fsp3) is 0.909. The van der Waals surface area contributed by atoms with Gasteiger partial charge < -0.3 is 10.0 Å². The van der Waals surface area contributed by atoms with Crippen molar-refractivity contribution in [3.05, 3.63) is 0 Å². The maximum Gasteiger partial charge on any atom is 0.222 e. The van der Waals surface area contributed by atoms with E-state index in [0.29, 0.717) is 18.3 Å². The highest BCUT2D eigenvalue weighted by atomic mass is 16.3. The fourth-order valence-electron chi connectivity index (χ4n) is 2.87. The number of carbonyl (C=O) groups excluding carboxylic acids is 1. The SMILES string of the molecule is CCC(=O)N1C[C@@H]2CCC[C@H](O)[C@@H]2C1. The van der Waals surface area contributed by atoms with Gasteiger partial charge in [0.15, 0.2) is 0 Å². The number of rotatable bonds is 1. The summed E-state index contributed by atoms with van der Waals surface area (Å²) in [6, 6.07) is 0. The van der Waals surface area contributed by atoms with Gasteiger partial charge in [-0.25, -0.2) is 0 Å². The Morgan fingerprint density at radius 3 is 2.86 bits per heavy atom. The fourth-order valence-corrected chi connectivity index (χ4v) is 2.87. The third-order valence-electron chi connectivity index (χ3n) is 3.72. The quantitative estimate of drug-likeness (QED) is 0.681. The molecule has 1 heterocycles. The smallest absolute Gasteiger partial charge is 0.222 e. The van der Waals surface area contributed by atoms with Gasteiger partial charge in [-0.05, 0) is 18.8 Å². The van der Waals surface area contributed by atoms with E-state index in [4.69, 9.17) is 0 Å². The zero-order chi connectivity index (χ0) is 10.1. The van der Waals surface area contributed by atoms with E-state index in [1.165, 1.54) is 6.42 Å². The molecule has 2 rings (SSSR count). The number of aliphatic hydroxyl groups is 1. The van der Waals surface area contributed by atoms with E-state index in [0.717, 1.165) is 25.9 Å². The topological polar surface area (TPSA) is 40.5 Å². The number of hydrogen-bond donors (Lipinski definition) is 1. The first-order valence-corrected chi connectivity index (χ1v) is 5.68. The highest BCUT2D eigenvalue weighted by Crippen LogP contribution is 2.36. The van der Waals surface area contributed by atoms with Crippen LogP contribution >= 0.6 is 0 Å². The first kappa shape index (κ1) is 9.97. The van der Waals surface area contributed by atoms with E-state index >= 15 is 0 Å². The van der Waals surface area contributed by atoms with E-state index in [-0.39, 0.29) is 12.0 Å². The molecule has 1 aliphatic carbocycles. The average molecular weight is 197 g/mol. The zero-order valence-corrected chi connectivity index (χ0v) is 8.78. The highest BCUT2D eigenvalue weighted by molar-refractivity contribution is 5.76.